The third-order valence-electron chi connectivity index (χ3n) is 3.80. The minimum absolute atomic E-state index is 0.0769. The maximum absolute atomic E-state index is 14.1. The number of halogens is 1. The van der Waals surface area contributed by atoms with Crippen molar-refractivity contribution in [3.63, 3.8) is 0 Å². The molecule has 3 aromatic rings. The number of nitrogens with one attached hydrogen (secondary N) is 1. The van der Waals surface area contributed by atoms with Gasteiger partial charge in [0.1, 0.15) is 0 Å². The van der Waals surface area contributed by atoms with Crippen LogP contribution < -0.4 is 14.2 Å². The molecule has 0 bridgehead atoms. The maximum atomic E-state index is 14.1. The smallest absolute Gasteiger partial charge is 0.261 e. The predicted molar refractivity (Wildman–Crippen MR) is 100.0 cm³/mol. The molecule has 8 heteroatoms. The summed E-state index contributed by atoms with van der Waals surface area (Å²) in [5.41, 5.74) is 0.803. The van der Waals surface area contributed by atoms with Gasteiger partial charge >= 0.3 is 0 Å². The van der Waals surface area contributed by atoms with E-state index in [1.165, 1.54) is 50.6 Å². The van der Waals surface area contributed by atoms with Crippen LogP contribution in [0.3, 0.4) is 0 Å². The highest BCUT2D eigenvalue weighted by Crippen LogP contribution is 2.32. The van der Waals surface area contributed by atoms with E-state index >= 15 is 0 Å². The molecule has 27 heavy (non-hydrogen) atoms. The molecule has 0 radical (unpaired) electrons. The van der Waals surface area contributed by atoms with Crippen molar-refractivity contribution >= 4 is 15.7 Å². The molecule has 1 aromatic heterocycles. The molecule has 0 aliphatic rings. The Morgan fingerprint density at radius 3 is 2.33 bits per heavy atom. The largest absolute Gasteiger partial charge is 0.494 e. The van der Waals surface area contributed by atoms with Crippen LogP contribution in [0, 0.1) is 5.82 Å². The first-order chi connectivity index (χ1) is 12.9. The van der Waals surface area contributed by atoms with Crippen molar-refractivity contribution in [3.05, 3.63) is 66.5 Å². The number of benzene rings is 2. The first kappa shape index (κ1) is 18.7. The van der Waals surface area contributed by atoms with Crippen LogP contribution in [0.4, 0.5) is 10.1 Å². The summed E-state index contributed by atoms with van der Waals surface area (Å²) in [4.78, 5) is 4.38. The topological polar surface area (TPSA) is 77.5 Å². The lowest BCUT2D eigenvalue weighted by molar-refractivity contribution is 0.386. The van der Waals surface area contributed by atoms with Crippen molar-refractivity contribution in [3.8, 4) is 22.9 Å². The normalized spacial score (nSPS) is 11.1. The molecule has 0 saturated carbocycles. The molecule has 140 valence electrons. The molecule has 2 aromatic carbocycles. The average molecular weight is 388 g/mol. The lowest BCUT2D eigenvalue weighted by atomic mass is 10.1. The van der Waals surface area contributed by atoms with Gasteiger partial charge in [0, 0.05) is 11.6 Å². The number of methoxy groups -OCH3 is 2. The fourth-order valence-corrected chi connectivity index (χ4v) is 3.56. The highest BCUT2D eigenvalue weighted by molar-refractivity contribution is 7.92. The van der Waals surface area contributed by atoms with Crippen molar-refractivity contribution in [1.82, 2.24) is 4.98 Å². The fourth-order valence-electron chi connectivity index (χ4n) is 2.47. The van der Waals surface area contributed by atoms with E-state index in [0.717, 1.165) is 0 Å². The van der Waals surface area contributed by atoms with E-state index in [0.29, 0.717) is 5.56 Å². The highest BCUT2D eigenvalue weighted by atomic mass is 32.2. The van der Waals surface area contributed by atoms with Crippen LogP contribution in [0.2, 0.25) is 0 Å². The highest BCUT2D eigenvalue weighted by Gasteiger charge is 2.18. The molecule has 0 fully saturated rings. The quantitative estimate of drug-likeness (QED) is 0.697. The van der Waals surface area contributed by atoms with Crippen LogP contribution in [0.25, 0.3) is 11.3 Å². The third kappa shape index (κ3) is 4.01. The Morgan fingerprint density at radius 1 is 0.963 bits per heavy atom. The molecule has 6 nitrogen and oxygen atoms in total. The standard InChI is InChI=1S/C19H17FN2O4S/c1-25-17-10-8-13(12-15(17)20)19-16(9-11-18(21-19)26-2)22-27(23,24)14-6-4-3-5-7-14/h3-12,22H,1-2H3. The number of nitrogens with zero attached hydrogens (tertiary/aromatic N) is 1. The lowest BCUT2D eigenvalue weighted by Gasteiger charge is -2.14. The van der Waals surface area contributed by atoms with Crippen LogP contribution >= 0.6 is 0 Å². The Balaban J connectivity index is 2.08. The zero-order chi connectivity index (χ0) is 19.4. The van der Waals surface area contributed by atoms with E-state index in [2.05, 4.69) is 9.71 Å². The Bertz CT molecular complexity index is 1060. The lowest BCUT2D eigenvalue weighted by Crippen LogP contribution is -2.14. The summed E-state index contributed by atoms with van der Waals surface area (Å²) in [6.07, 6.45) is 0. The fraction of sp³-hybridized carbons (Fsp3) is 0.105. The summed E-state index contributed by atoms with van der Waals surface area (Å²) in [6, 6.07) is 15.2. The molecule has 0 aliphatic heterocycles. The summed E-state index contributed by atoms with van der Waals surface area (Å²) in [6.45, 7) is 0. The second-order valence-corrected chi connectivity index (χ2v) is 7.20. The van der Waals surface area contributed by atoms with Crippen molar-refractivity contribution in [1.29, 1.82) is 0 Å². The maximum Gasteiger partial charge on any atom is 0.261 e. The molecular weight excluding hydrogens is 371 g/mol. The monoisotopic (exact) mass is 388 g/mol. The van der Waals surface area contributed by atoms with Gasteiger partial charge in [-0.2, -0.15) is 0 Å². The third-order valence-corrected chi connectivity index (χ3v) is 5.18. The van der Waals surface area contributed by atoms with Gasteiger partial charge in [-0.05, 0) is 36.4 Å². The van der Waals surface area contributed by atoms with Gasteiger partial charge in [0.05, 0.1) is 30.5 Å². The molecule has 0 atom stereocenters. The molecule has 3 rings (SSSR count). The van der Waals surface area contributed by atoms with Crippen LogP contribution in [0.15, 0.2) is 65.6 Å². The summed E-state index contributed by atoms with van der Waals surface area (Å²) >= 11 is 0. The summed E-state index contributed by atoms with van der Waals surface area (Å²) < 4.78 is 51.9. The molecule has 1 heterocycles. The Labute approximate surface area is 156 Å². The number of aromatic nitrogens is 1. The van der Waals surface area contributed by atoms with Gasteiger partial charge in [-0.3, -0.25) is 4.72 Å². The summed E-state index contributed by atoms with van der Waals surface area (Å²) in [5, 5.41) is 0. The minimum Gasteiger partial charge on any atom is -0.494 e. The van der Waals surface area contributed by atoms with Gasteiger partial charge in [-0.15, -0.1) is 0 Å². The van der Waals surface area contributed by atoms with Crippen molar-refractivity contribution in [2.75, 3.05) is 18.9 Å². The van der Waals surface area contributed by atoms with E-state index in [4.69, 9.17) is 9.47 Å². The number of ether oxygens (including phenoxy) is 2. The molecule has 0 amide bonds. The molecule has 0 unspecified atom stereocenters. The van der Waals surface area contributed by atoms with Gasteiger partial charge in [0.15, 0.2) is 11.6 Å². The second-order valence-electron chi connectivity index (χ2n) is 5.52. The van der Waals surface area contributed by atoms with E-state index < -0.39 is 15.8 Å². The Kier molecular flexibility index (Phi) is 5.27. The van der Waals surface area contributed by atoms with E-state index in [1.54, 1.807) is 24.3 Å². The minimum atomic E-state index is -3.84. The number of pyridine rings is 1. The number of sulfonamides is 1. The molecule has 1 N–H and O–H groups in total. The molecule has 0 spiro atoms. The number of hydrogen-bond acceptors (Lipinski definition) is 5. The van der Waals surface area contributed by atoms with Crippen molar-refractivity contribution in [2.24, 2.45) is 0 Å². The first-order valence-electron chi connectivity index (χ1n) is 7.91. The van der Waals surface area contributed by atoms with E-state index in [-0.39, 0.29) is 27.9 Å². The Morgan fingerprint density at radius 2 is 1.70 bits per heavy atom. The van der Waals surface area contributed by atoms with Gasteiger partial charge in [0.25, 0.3) is 10.0 Å². The second kappa shape index (κ2) is 7.63. The SMILES string of the molecule is COc1ccc(NS(=O)(=O)c2ccccc2)c(-c2ccc(OC)c(F)c2)n1. The van der Waals surface area contributed by atoms with Crippen molar-refractivity contribution in [2.45, 2.75) is 4.90 Å². The predicted octanol–water partition coefficient (Wildman–Crippen LogP) is 3.71. The molecule has 0 aliphatic carbocycles. The molecule has 0 saturated heterocycles. The molecular formula is C19H17FN2O4S. The van der Waals surface area contributed by atoms with Crippen LogP contribution in [-0.2, 0) is 10.0 Å². The Hall–Kier alpha value is -3.13. The summed E-state index contributed by atoms with van der Waals surface area (Å²) in [5.74, 6) is -0.242. The van der Waals surface area contributed by atoms with Crippen LogP contribution in [-0.4, -0.2) is 27.6 Å². The first-order valence-corrected chi connectivity index (χ1v) is 9.40. The number of anilines is 1. The van der Waals surface area contributed by atoms with Gasteiger partial charge in [-0.25, -0.2) is 17.8 Å². The van der Waals surface area contributed by atoms with E-state index in [9.17, 15) is 12.8 Å². The van der Waals surface area contributed by atoms with Crippen LogP contribution in [0.5, 0.6) is 11.6 Å². The average Bonchev–Trinajstić information content (AvgIpc) is 2.68. The number of rotatable bonds is 6. The number of hydrogen-bond donors (Lipinski definition) is 1. The van der Waals surface area contributed by atoms with Crippen molar-refractivity contribution < 1.29 is 22.3 Å². The van der Waals surface area contributed by atoms with Gasteiger partial charge < -0.3 is 9.47 Å². The van der Waals surface area contributed by atoms with E-state index in [1.807, 2.05) is 0 Å². The van der Waals surface area contributed by atoms with Gasteiger partial charge in [-0.1, -0.05) is 18.2 Å². The summed E-state index contributed by atoms with van der Waals surface area (Å²) in [7, 11) is -1.03. The van der Waals surface area contributed by atoms with Crippen LogP contribution in [0.1, 0.15) is 0 Å². The zero-order valence-electron chi connectivity index (χ0n) is 14.6. The van der Waals surface area contributed by atoms with Gasteiger partial charge in [0.2, 0.25) is 5.88 Å². The zero-order valence-corrected chi connectivity index (χ0v) is 15.5.